The molecule has 128 valence electrons. The number of nitrogens with zero attached hydrogens (tertiary/aromatic N) is 1. The van der Waals surface area contributed by atoms with Gasteiger partial charge in [-0.25, -0.2) is 5.43 Å². The number of anilines is 1. The zero-order valence-electron chi connectivity index (χ0n) is 13.5. The second-order valence-corrected chi connectivity index (χ2v) is 6.23. The zero-order valence-corrected chi connectivity index (χ0v) is 15.1. The van der Waals surface area contributed by atoms with Crippen LogP contribution in [-0.2, 0) is 4.79 Å². The molecule has 25 heavy (non-hydrogen) atoms. The van der Waals surface area contributed by atoms with E-state index in [-0.39, 0.29) is 12.5 Å². The minimum atomic E-state index is -0.236. The predicted molar refractivity (Wildman–Crippen MR) is 103 cm³/mol. The number of carbonyl (C=O) groups is 1. The second-order valence-electron chi connectivity index (χ2n) is 5.31. The molecule has 0 atom stereocenters. The standard InChI is InChI=1S/C18H17BrN4O2/c1-25-15-4-2-3-14(8-15)20-11-18(24)23-22-10-12-9-21-17-6-5-13(19)7-16(12)17/h2-10,20-21H,11H2,1H3,(H,23,24)/b22-10+. The fourth-order valence-corrected chi connectivity index (χ4v) is 2.71. The summed E-state index contributed by atoms with van der Waals surface area (Å²) in [5.74, 6) is 0.494. The highest BCUT2D eigenvalue weighted by molar-refractivity contribution is 9.10. The molecule has 0 spiro atoms. The van der Waals surface area contributed by atoms with E-state index in [0.717, 1.165) is 32.4 Å². The summed E-state index contributed by atoms with van der Waals surface area (Å²) >= 11 is 3.45. The van der Waals surface area contributed by atoms with Gasteiger partial charge in [-0.2, -0.15) is 5.10 Å². The summed E-state index contributed by atoms with van der Waals surface area (Å²) in [4.78, 5) is 15.0. The molecule has 0 radical (unpaired) electrons. The summed E-state index contributed by atoms with van der Waals surface area (Å²) in [7, 11) is 1.60. The van der Waals surface area contributed by atoms with Gasteiger partial charge in [-0.05, 0) is 30.3 Å². The molecule has 6 nitrogen and oxygen atoms in total. The molecule has 0 saturated heterocycles. The fourth-order valence-electron chi connectivity index (χ4n) is 2.35. The number of hydrazone groups is 1. The van der Waals surface area contributed by atoms with Crippen molar-refractivity contribution in [2.24, 2.45) is 5.10 Å². The van der Waals surface area contributed by atoms with E-state index < -0.39 is 0 Å². The molecule has 2 aromatic carbocycles. The average Bonchev–Trinajstić information content (AvgIpc) is 3.02. The number of rotatable bonds is 6. The molecule has 0 bridgehead atoms. The highest BCUT2D eigenvalue weighted by Crippen LogP contribution is 2.21. The number of methoxy groups -OCH3 is 1. The van der Waals surface area contributed by atoms with Crippen molar-refractivity contribution >= 4 is 44.6 Å². The van der Waals surface area contributed by atoms with Gasteiger partial charge in [0.25, 0.3) is 5.91 Å². The molecule has 0 aliphatic rings. The van der Waals surface area contributed by atoms with E-state index in [1.165, 1.54) is 0 Å². The SMILES string of the molecule is COc1cccc(NCC(=O)N/N=C/c2c[nH]c3ccc(Br)cc23)c1. The van der Waals surface area contributed by atoms with E-state index in [2.05, 4.69) is 36.8 Å². The van der Waals surface area contributed by atoms with Crippen molar-refractivity contribution < 1.29 is 9.53 Å². The summed E-state index contributed by atoms with van der Waals surface area (Å²) in [6.45, 7) is 0.115. The molecule has 1 heterocycles. The number of aromatic amines is 1. The molecule has 0 fully saturated rings. The molecule has 3 N–H and O–H groups in total. The molecule has 3 aromatic rings. The lowest BCUT2D eigenvalue weighted by atomic mass is 10.2. The predicted octanol–water partition coefficient (Wildman–Crippen LogP) is 3.50. The van der Waals surface area contributed by atoms with Crippen LogP contribution in [0.1, 0.15) is 5.56 Å². The van der Waals surface area contributed by atoms with Crippen molar-refractivity contribution in [1.29, 1.82) is 0 Å². The average molecular weight is 401 g/mol. The number of carbonyl (C=O) groups excluding carboxylic acids is 1. The third kappa shape index (κ3) is 4.39. The van der Waals surface area contributed by atoms with Crippen LogP contribution in [0, 0.1) is 0 Å². The van der Waals surface area contributed by atoms with E-state index in [1.54, 1.807) is 13.3 Å². The molecular formula is C18H17BrN4O2. The summed E-state index contributed by atoms with van der Waals surface area (Å²) in [5, 5.41) is 8.07. The van der Waals surface area contributed by atoms with Crippen LogP contribution < -0.4 is 15.5 Å². The summed E-state index contributed by atoms with van der Waals surface area (Å²) < 4.78 is 6.13. The number of amides is 1. The lowest BCUT2D eigenvalue weighted by molar-refractivity contribution is -0.119. The number of fused-ring (bicyclic) bond motifs is 1. The topological polar surface area (TPSA) is 78.5 Å². The van der Waals surface area contributed by atoms with E-state index >= 15 is 0 Å². The van der Waals surface area contributed by atoms with Crippen LogP contribution in [0.4, 0.5) is 5.69 Å². The quantitative estimate of drug-likeness (QED) is 0.437. The molecule has 7 heteroatoms. The molecule has 0 saturated carbocycles. The van der Waals surface area contributed by atoms with Crippen LogP contribution in [-0.4, -0.2) is 30.8 Å². The first kappa shape index (κ1) is 17.0. The number of hydrogen-bond donors (Lipinski definition) is 3. The Bertz CT molecular complexity index is 920. The van der Waals surface area contributed by atoms with Gasteiger partial charge < -0.3 is 15.0 Å². The lowest BCUT2D eigenvalue weighted by Crippen LogP contribution is -2.25. The number of H-pyrrole nitrogens is 1. The van der Waals surface area contributed by atoms with E-state index in [1.807, 2.05) is 48.7 Å². The van der Waals surface area contributed by atoms with Gasteiger partial charge in [-0.3, -0.25) is 4.79 Å². The number of hydrogen-bond acceptors (Lipinski definition) is 4. The minimum Gasteiger partial charge on any atom is -0.497 e. The van der Waals surface area contributed by atoms with Gasteiger partial charge in [0.15, 0.2) is 0 Å². The van der Waals surface area contributed by atoms with Crippen LogP contribution in [0.2, 0.25) is 0 Å². The molecule has 3 rings (SSSR count). The largest absolute Gasteiger partial charge is 0.497 e. The van der Waals surface area contributed by atoms with Crippen LogP contribution in [0.15, 0.2) is 58.2 Å². The van der Waals surface area contributed by atoms with Gasteiger partial charge in [-0.1, -0.05) is 22.0 Å². The van der Waals surface area contributed by atoms with Gasteiger partial charge >= 0.3 is 0 Å². The van der Waals surface area contributed by atoms with Gasteiger partial charge in [0, 0.05) is 38.9 Å². The lowest BCUT2D eigenvalue weighted by Gasteiger charge is -2.06. The first-order chi connectivity index (χ1) is 12.2. The maximum atomic E-state index is 11.9. The Labute approximate surface area is 153 Å². The zero-order chi connectivity index (χ0) is 17.6. The first-order valence-corrected chi connectivity index (χ1v) is 8.41. The summed E-state index contributed by atoms with van der Waals surface area (Å²) in [6, 6.07) is 13.3. The summed E-state index contributed by atoms with van der Waals surface area (Å²) in [6.07, 6.45) is 3.47. The van der Waals surface area contributed by atoms with Crippen molar-refractivity contribution in [1.82, 2.24) is 10.4 Å². The van der Waals surface area contributed by atoms with Crippen molar-refractivity contribution in [2.75, 3.05) is 19.0 Å². The third-order valence-electron chi connectivity index (χ3n) is 3.59. The third-order valence-corrected chi connectivity index (χ3v) is 4.08. The molecule has 1 aromatic heterocycles. The van der Waals surface area contributed by atoms with Crippen molar-refractivity contribution in [3.63, 3.8) is 0 Å². The molecule has 0 unspecified atom stereocenters. The van der Waals surface area contributed by atoms with Crippen LogP contribution >= 0.6 is 15.9 Å². The van der Waals surface area contributed by atoms with Gasteiger partial charge in [0.05, 0.1) is 19.9 Å². The molecular weight excluding hydrogens is 384 g/mol. The fraction of sp³-hybridized carbons (Fsp3) is 0.111. The Morgan fingerprint density at radius 2 is 2.20 bits per heavy atom. The number of aromatic nitrogens is 1. The number of halogens is 1. The van der Waals surface area contributed by atoms with Crippen LogP contribution in [0.25, 0.3) is 10.9 Å². The summed E-state index contributed by atoms with van der Waals surface area (Å²) in [5.41, 5.74) is 5.23. The molecule has 0 aliphatic carbocycles. The Balaban J connectivity index is 1.56. The van der Waals surface area contributed by atoms with Crippen LogP contribution in [0.3, 0.4) is 0 Å². The first-order valence-electron chi connectivity index (χ1n) is 7.62. The Hall–Kier alpha value is -2.80. The number of ether oxygens (including phenoxy) is 1. The van der Waals surface area contributed by atoms with Crippen LogP contribution in [0.5, 0.6) is 5.75 Å². The maximum absolute atomic E-state index is 11.9. The van der Waals surface area contributed by atoms with Crippen molar-refractivity contribution in [3.05, 3.63) is 58.7 Å². The highest BCUT2D eigenvalue weighted by Gasteiger charge is 2.03. The van der Waals surface area contributed by atoms with Gasteiger partial charge in [0.2, 0.25) is 0 Å². The van der Waals surface area contributed by atoms with E-state index in [0.29, 0.717) is 0 Å². The van der Waals surface area contributed by atoms with Crippen molar-refractivity contribution in [3.8, 4) is 5.75 Å². The monoisotopic (exact) mass is 400 g/mol. The number of benzene rings is 2. The minimum absolute atomic E-state index is 0.115. The van der Waals surface area contributed by atoms with E-state index in [9.17, 15) is 4.79 Å². The normalized spacial score (nSPS) is 11.0. The second kappa shape index (κ2) is 7.85. The Kier molecular flexibility index (Phi) is 5.35. The smallest absolute Gasteiger partial charge is 0.259 e. The van der Waals surface area contributed by atoms with E-state index in [4.69, 9.17) is 4.74 Å². The van der Waals surface area contributed by atoms with Crippen molar-refractivity contribution in [2.45, 2.75) is 0 Å². The molecule has 1 amide bonds. The highest BCUT2D eigenvalue weighted by atomic mass is 79.9. The molecule has 0 aliphatic heterocycles. The Morgan fingerprint density at radius 3 is 3.04 bits per heavy atom. The van der Waals surface area contributed by atoms with Gasteiger partial charge in [-0.15, -0.1) is 0 Å². The van der Waals surface area contributed by atoms with Gasteiger partial charge in [0.1, 0.15) is 5.75 Å². The maximum Gasteiger partial charge on any atom is 0.259 e. The Morgan fingerprint density at radius 1 is 1.32 bits per heavy atom. The number of nitrogens with one attached hydrogen (secondary N) is 3.